The van der Waals surface area contributed by atoms with Crippen LogP contribution in [0.1, 0.15) is 31.5 Å². The van der Waals surface area contributed by atoms with Gasteiger partial charge in [0.05, 0.1) is 16.9 Å². The van der Waals surface area contributed by atoms with Crippen molar-refractivity contribution in [2.75, 3.05) is 0 Å². The van der Waals surface area contributed by atoms with Crippen LogP contribution >= 0.6 is 11.6 Å². The molecule has 1 aromatic heterocycles. The van der Waals surface area contributed by atoms with Crippen LogP contribution in [0.4, 0.5) is 8.78 Å². The number of hydrogen-bond acceptors (Lipinski definition) is 2. The first-order valence-corrected chi connectivity index (χ1v) is 6.71. The molecule has 108 valence electrons. The second kappa shape index (κ2) is 6.33. The van der Waals surface area contributed by atoms with Crippen molar-refractivity contribution in [1.82, 2.24) is 15.1 Å². The summed E-state index contributed by atoms with van der Waals surface area (Å²) in [6.45, 7) is 4.27. The molecule has 0 spiro atoms. The fourth-order valence-electron chi connectivity index (χ4n) is 1.89. The smallest absolute Gasteiger partial charge is 0.280 e. The first-order valence-electron chi connectivity index (χ1n) is 6.34. The summed E-state index contributed by atoms with van der Waals surface area (Å²) in [5, 5.41) is 7.57. The number of nitrogens with one attached hydrogen (secondary N) is 1. The highest BCUT2D eigenvalue weighted by Gasteiger charge is 2.21. The van der Waals surface area contributed by atoms with Crippen LogP contribution in [-0.4, -0.2) is 15.8 Å². The number of alkyl halides is 2. The zero-order valence-corrected chi connectivity index (χ0v) is 12.0. The Morgan fingerprint density at radius 3 is 2.60 bits per heavy atom. The number of hydrogen-bond donors (Lipinski definition) is 1. The van der Waals surface area contributed by atoms with Gasteiger partial charge in [0.2, 0.25) is 0 Å². The molecular formula is C14H16ClF2N3. The maximum Gasteiger partial charge on any atom is 0.280 e. The minimum absolute atomic E-state index is 0.119. The minimum atomic E-state index is -2.61. The first kappa shape index (κ1) is 14.9. The normalized spacial score (nSPS) is 11.6. The molecule has 0 aliphatic carbocycles. The van der Waals surface area contributed by atoms with Crippen molar-refractivity contribution in [3.63, 3.8) is 0 Å². The standard InChI is InChI=1S/C14H16ClF2N3/c1-9(2)18-7-10-8-19-20(13(10)14(16)17)12-6-4-3-5-11(12)15/h3-6,8-9,14,18H,7H2,1-2H3. The molecule has 2 rings (SSSR count). The predicted molar refractivity (Wildman–Crippen MR) is 75.5 cm³/mol. The average molecular weight is 300 g/mol. The van der Waals surface area contributed by atoms with E-state index in [9.17, 15) is 8.78 Å². The van der Waals surface area contributed by atoms with E-state index in [0.717, 1.165) is 0 Å². The SMILES string of the molecule is CC(C)NCc1cnn(-c2ccccc2Cl)c1C(F)F. The molecule has 0 amide bonds. The molecule has 0 radical (unpaired) electrons. The van der Waals surface area contributed by atoms with E-state index >= 15 is 0 Å². The van der Waals surface area contributed by atoms with Crippen LogP contribution in [0.2, 0.25) is 5.02 Å². The van der Waals surface area contributed by atoms with Gasteiger partial charge in [0, 0.05) is 18.2 Å². The van der Waals surface area contributed by atoms with E-state index in [4.69, 9.17) is 11.6 Å². The summed E-state index contributed by atoms with van der Waals surface area (Å²) < 4.78 is 27.9. The predicted octanol–water partition coefficient (Wildman–Crippen LogP) is 3.96. The topological polar surface area (TPSA) is 29.9 Å². The van der Waals surface area contributed by atoms with Crippen LogP contribution in [0.3, 0.4) is 0 Å². The van der Waals surface area contributed by atoms with Crippen LogP contribution < -0.4 is 5.32 Å². The molecule has 0 unspecified atom stereocenters. The van der Waals surface area contributed by atoms with Gasteiger partial charge in [-0.25, -0.2) is 13.5 Å². The molecule has 1 N–H and O–H groups in total. The number of para-hydroxylation sites is 1. The second-order valence-electron chi connectivity index (χ2n) is 4.75. The lowest BCUT2D eigenvalue weighted by Gasteiger charge is -2.11. The number of halogens is 3. The Labute approximate surface area is 121 Å². The summed E-state index contributed by atoms with van der Waals surface area (Å²) in [6.07, 6.45) is -1.15. The summed E-state index contributed by atoms with van der Waals surface area (Å²) >= 11 is 6.05. The summed E-state index contributed by atoms with van der Waals surface area (Å²) in [6, 6.07) is 7.02. The van der Waals surface area contributed by atoms with Crippen LogP contribution in [-0.2, 0) is 6.54 Å². The molecular weight excluding hydrogens is 284 g/mol. The maximum absolute atomic E-state index is 13.3. The van der Waals surface area contributed by atoms with Crippen molar-refractivity contribution in [2.24, 2.45) is 0 Å². The Hall–Kier alpha value is -1.46. The summed E-state index contributed by atoms with van der Waals surface area (Å²) in [7, 11) is 0. The van der Waals surface area contributed by atoms with Gasteiger partial charge in [0.1, 0.15) is 5.69 Å². The summed E-state index contributed by atoms with van der Waals surface area (Å²) in [4.78, 5) is 0. The van der Waals surface area contributed by atoms with E-state index in [1.165, 1.54) is 10.9 Å². The lowest BCUT2D eigenvalue weighted by atomic mass is 10.2. The van der Waals surface area contributed by atoms with Gasteiger partial charge in [-0.15, -0.1) is 0 Å². The van der Waals surface area contributed by atoms with E-state index in [1.807, 2.05) is 13.8 Å². The van der Waals surface area contributed by atoms with Gasteiger partial charge < -0.3 is 5.32 Å². The van der Waals surface area contributed by atoms with Crippen molar-refractivity contribution in [2.45, 2.75) is 32.9 Å². The third kappa shape index (κ3) is 3.16. The third-order valence-electron chi connectivity index (χ3n) is 2.87. The molecule has 2 aromatic rings. The largest absolute Gasteiger partial charge is 0.310 e. The highest BCUT2D eigenvalue weighted by molar-refractivity contribution is 6.32. The van der Waals surface area contributed by atoms with Crippen LogP contribution in [0.5, 0.6) is 0 Å². The first-order chi connectivity index (χ1) is 9.50. The van der Waals surface area contributed by atoms with Gasteiger partial charge in [0.15, 0.2) is 0 Å². The molecule has 0 bridgehead atoms. The molecule has 0 aliphatic heterocycles. The van der Waals surface area contributed by atoms with Gasteiger partial charge in [-0.05, 0) is 12.1 Å². The van der Waals surface area contributed by atoms with Crippen molar-refractivity contribution in [3.8, 4) is 5.69 Å². The third-order valence-corrected chi connectivity index (χ3v) is 3.19. The van der Waals surface area contributed by atoms with Gasteiger partial charge in [0.25, 0.3) is 6.43 Å². The number of rotatable bonds is 5. The molecule has 3 nitrogen and oxygen atoms in total. The maximum atomic E-state index is 13.3. The Morgan fingerprint density at radius 1 is 1.30 bits per heavy atom. The molecule has 0 saturated carbocycles. The molecule has 0 aliphatic rings. The van der Waals surface area contributed by atoms with Crippen molar-refractivity contribution < 1.29 is 8.78 Å². The molecule has 20 heavy (non-hydrogen) atoms. The lowest BCUT2D eigenvalue weighted by molar-refractivity contribution is 0.141. The number of nitrogens with zero attached hydrogens (tertiary/aromatic N) is 2. The highest BCUT2D eigenvalue weighted by atomic mass is 35.5. The molecule has 0 fully saturated rings. The highest BCUT2D eigenvalue weighted by Crippen LogP contribution is 2.28. The number of aromatic nitrogens is 2. The van der Waals surface area contributed by atoms with E-state index in [1.54, 1.807) is 24.3 Å². The van der Waals surface area contributed by atoms with Crippen molar-refractivity contribution in [1.29, 1.82) is 0 Å². The zero-order valence-electron chi connectivity index (χ0n) is 11.3. The van der Waals surface area contributed by atoms with Crippen LogP contribution in [0.25, 0.3) is 5.69 Å². The Morgan fingerprint density at radius 2 is 2.00 bits per heavy atom. The van der Waals surface area contributed by atoms with E-state index in [2.05, 4.69) is 10.4 Å². The van der Waals surface area contributed by atoms with Gasteiger partial charge in [-0.2, -0.15) is 5.10 Å². The fourth-order valence-corrected chi connectivity index (χ4v) is 2.11. The fraction of sp³-hybridized carbons (Fsp3) is 0.357. The molecule has 1 heterocycles. The van der Waals surface area contributed by atoms with E-state index in [-0.39, 0.29) is 11.7 Å². The Balaban J connectivity index is 2.42. The van der Waals surface area contributed by atoms with Crippen LogP contribution in [0.15, 0.2) is 30.5 Å². The molecule has 0 atom stereocenters. The Kier molecular flexibility index (Phi) is 4.73. The summed E-state index contributed by atoms with van der Waals surface area (Å²) in [5.74, 6) is 0. The molecule has 6 heteroatoms. The quantitative estimate of drug-likeness (QED) is 0.905. The molecule has 1 aromatic carbocycles. The minimum Gasteiger partial charge on any atom is -0.310 e. The zero-order chi connectivity index (χ0) is 14.7. The summed E-state index contributed by atoms with van der Waals surface area (Å²) in [5.41, 5.74) is 0.820. The van der Waals surface area contributed by atoms with E-state index in [0.29, 0.717) is 22.8 Å². The van der Waals surface area contributed by atoms with Gasteiger partial charge >= 0.3 is 0 Å². The molecule has 0 saturated heterocycles. The number of benzene rings is 1. The monoisotopic (exact) mass is 299 g/mol. The Bertz CT molecular complexity index is 582. The van der Waals surface area contributed by atoms with E-state index < -0.39 is 6.43 Å². The second-order valence-corrected chi connectivity index (χ2v) is 5.16. The average Bonchev–Trinajstić information content (AvgIpc) is 2.80. The van der Waals surface area contributed by atoms with Gasteiger partial charge in [-0.3, -0.25) is 0 Å². The van der Waals surface area contributed by atoms with Crippen molar-refractivity contribution in [3.05, 3.63) is 46.7 Å². The van der Waals surface area contributed by atoms with Gasteiger partial charge in [-0.1, -0.05) is 37.6 Å². The van der Waals surface area contributed by atoms with Crippen LogP contribution in [0, 0.1) is 0 Å². The van der Waals surface area contributed by atoms with Crippen molar-refractivity contribution >= 4 is 11.6 Å². The lowest BCUT2D eigenvalue weighted by Crippen LogP contribution is -2.22.